The molecule has 2 aliphatic rings. The van der Waals surface area contributed by atoms with Gasteiger partial charge < -0.3 is 20.5 Å². The minimum absolute atomic E-state index is 0.0902. The zero-order valence-electron chi connectivity index (χ0n) is 26.5. The van der Waals surface area contributed by atoms with Crippen molar-refractivity contribution in [3.63, 3.8) is 0 Å². The van der Waals surface area contributed by atoms with Gasteiger partial charge in [-0.05, 0) is 55.4 Å². The number of halogens is 2. The van der Waals surface area contributed by atoms with E-state index in [4.69, 9.17) is 4.42 Å². The molecule has 0 unspecified atom stereocenters. The Morgan fingerprint density at radius 3 is 2.54 bits per heavy atom. The fourth-order valence-electron chi connectivity index (χ4n) is 5.30. The highest BCUT2D eigenvalue weighted by atomic mass is 19.3. The number of nitrogens with zero attached hydrogens (tertiary/aromatic N) is 5. The van der Waals surface area contributed by atoms with E-state index in [1.165, 1.54) is 17.5 Å². The summed E-state index contributed by atoms with van der Waals surface area (Å²) in [6.45, 7) is 15.0. The lowest BCUT2D eigenvalue weighted by Crippen LogP contribution is -2.48. The van der Waals surface area contributed by atoms with Gasteiger partial charge in [-0.25, -0.2) is 13.8 Å². The molecule has 3 aromatic rings. The number of hydrazine groups is 2. The van der Waals surface area contributed by atoms with E-state index in [1.807, 2.05) is 32.1 Å². The third kappa shape index (κ3) is 6.30. The second-order valence-electron chi connectivity index (χ2n) is 12.7. The van der Waals surface area contributed by atoms with Gasteiger partial charge in [0.1, 0.15) is 23.9 Å². The van der Waals surface area contributed by atoms with Crippen LogP contribution in [0.3, 0.4) is 0 Å². The maximum absolute atomic E-state index is 14.0. The first-order chi connectivity index (χ1) is 21.9. The minimum Gasteiger partial charge on any atom is -0.445 e. The average Bonchev–Trinajstić information content (AvgIpc) is 3.40. The Balaban J connectivity index is 1.63. The lowest BCUT2D eigenvalue weighted by atomic mass is 9.93. The van der Waals surface area contributed by atoms with Gasteiger partial charge >= 0.3 is 0 Å². The first-order valence-electron chi connectivity index (χ1n) is 14.9. The van der Waals surface area contributed by atoms with Crippen LogP contribution in [0.4, 0.5) is 20.2 Å². The van der Waals surface area contributed by atoms with Crippen LogP contribution in [-0.2, 0) is 0 Å². The number of nitriles is 2. The smallest absolute Gasteiger partial charge is 0.262 e. The number of nitrogens with one attached hydrogen (secondary N) is 4. The highest BCUT2D eigenvalue weighted by Crippen LogP contribution is 2.47. The fourth-order valence-corrected chi connectivity index (χ4v) is 5.30. The summed E-state index contributed by atoms with van der Waals surface area (Å²) in [7, 11) is 0. The SMILES string of the molecule is C=C(/C(C)=C(\C=C/C)c1ncco1)[C@H](Nc1cc(C#N)c2ncc(C#N)c(NCC(C)(C)C)c2c1)C1=CN(C2(C(F)F)CC2)NN1. The zero-order valence-corrected chi connectivity index (χ0v) is 26.5. The first kappa shape index (κ1) is 32.2. The number of rotatable bonds is 11. The molecule has 1 saturated carbocycles. The molecule has 12 heteroatoms. The van der Waals surface area contributed by atoms with Crippen LogP contribution < -0.4 is 21.6 Å². The number of pyridine rings is 1. The van der Waals surface area contributed by atoms with Gasteiger partial charge in [0.2, 0.25) is 5.89 Å². The number of benzene rings is 1. The number of allylic oxidation sites excluding steroid dienone is 3. The van der Waals surface area contributed by atoms with Crippen molar-refractivity contribution in [2.24, 2.45) is 5.41 Å². The van der Waals surface area contributed by atoms with Gasteiger partial charge in [-0.15, -0.1) is 5.53 Å². The predicted molar refractivity (Wildman–Crippen MR) is 174 cm³/mol. The maximum atomic E-state index is 14.0. The van der Waals surface area contributed by atoms with Crippen molar-refractivity contribution < 1.29 is 13.2 Å². The van der Waals surface area contributed by atoms with Gasteiger partial charge in [0.15, 0.2) is 0 Å². The molecule has 5 rings (SSSR count). The molecule has 3 heterocycles. The number of anilines is 2. The van der Waals surface area contributed by atoms with Gasteiger partial charge in [0, 0.05) is 35.6 Å². The number of aromatic nitrogens is 2. The molecule has 1 aromatic carbocycles. The van der Waals surface area contributed by atoms with Crippen LogP contribution in [0.1, 0.15) is 64.5 Å². The van der Waals surface area contributed by atoms with E-state index in [2.05, 4.69) is 71.1 Å². The van der Waals surface area contributed by atoms with E-state index in [0.29, 0.717) is 75.5 Å². The Labute approximate surface area is 267 Å². The largest absolute Gasteiger partial charge is 0.445 e. The average molecular weight is 626 g/mol. The number of hydrogen-bond acceptors (Lipinski definition) is 10. The minimum atomic E-state index is -2.54. The molecule has 2 aromatic heterocycles. The van der Waals surface area contributed by atoms with E-state index in [0.717, 1.165) is 5.57 Å². The van der Waals surface area contributed by atoms with E-state index in [1.54, 1.807) is 18.5 Å². The molecule has 238 valence electrons. The van der Waals surface area contributed by atoms with Gasteiger partial charge in [0.05, 0.1) is 40.3 Å². The number of fused-ring (bicyclic) bond motifs is 1. The monoisotopic (exact) mass is 625 g/mol. The highest BCUT2D eigenvalue weighted by Gasteiger charge is 2.56. The van der Waals surface area contributed by atoms with Gasteiger partial charge in [0.25, 0.3) is 6.43 Å². The molecule has 0 saturated heterocycles. The lowest BCUT2D eigenvalue weighted by molar-refractivity contribution is 0.00912. The van der Waals surface area contributed by atoms with Crippen LogP contribution >= 0.6 is 0 Å². The summed E-state index contributed by atoms with van der Waals surface area (Å²) in [6, 6.07) is 7.27. The molecule has 1 fully saturated rings. The van der Waals surface area contributed by atoms with Crippen LogP contribution in [-0.4, -0.2) is 39.5 Å². The molecule has 0 spiro atoms. The molecule has 46 heavy (non-hydrogen) atoms. The summed E-state index contributed by atoms with van der Waals surface area (Å²) in [4.78, 5) is 8.77. The molecule has 1 atom stereocenters. The van der Waals surface area contributed by atoms with Crippen LogP contribution in [0, 0.1) is 28.1 Å². The second kappa shape index (κ2) is 12.7. The highest BCUT2D eigenvalue weighted by molar-refractivity contribution is 5.99. The van der Waals surface area contributed by atoms with Crippen molar-refractivity contribution in [3.8, 4) is 12.1 Å². The van der Waals surface area contributed by atoms with Crippen LogP contribution in [0.5, 0.6) is 0 Å². The summed E-state index contributed by atoms with van der Waals surface area (Å²) >= 11 is 0. The molecule has 0 radical (unpaired) electrons. The predicted octanol–water partition coefficient (Wildman–Crippen LogP) is 6.77. The summed E-state index contributed by atoms with van der Waals surface area (Å²) in [5.74, 6) is 0.403. The Kier molecular flexibility index (Phi) is 8.86. The fraction of sp³-hybridized carbons (Fsp3) is 0.353. The Morgan fingerprint density at radius 1 is 1.22 bits per heavy atom. The third-order valence-corrected chi connectivity index (χ3v) is 8.10. The molecule has 10 nitrogen and oxygen atoms in total. The number of alkyl halides is 2. The van der Waals surface area contributed by atoms with Crippen molar-refractivity contribution in [1.29, 1.82) is 10.5 Å². The molecular formula is C34H37F2N9O. The van der Waals surface area contributed by atoms with Crippen LogP contribution in [0.2, 0.25) is 0 Å². The summed E-state index contributed by atoms with van der Waals surface area (Å²) in [5.41, 5.74) is 9.40. The molecule has 0 bridgehead atoms. The van der Waals surface area contributed by atoms with Crippen LogP contribution in [0.25, 0.3) is 16.5 Å². The van der Waals surface area contributed by atoms with Gasteiger partial charge in [-0.2, -0.15) is 10.5 Å². The third-order valence-electron chi connectivity index (χ3n) is 8.10. The van der Waals surface area contributed by atoms with Gasteiger partial charge in [-0.3, -0.25) is 9.99 Å². The molecule has 0 amide bonds. The number of oxazole rings is 1. The van der Waals surface area contributed by atoms with Crippen molar-refractivity contribution in [3.05, 3.63) is 89.6 Å². The lowest BCUT2D eigenvalue weighted by Gasteiger charge is -2.26. The Hall–Kier alpha value is -5.20. The van der Waals surface area contributed by atoms with Crippen LogP contribution in [0.15, 0.2) is 77.0 Å². The van der Waals surface area contributed by atoms with E-state index in [9.17, 15) is 19.3 Å². The Bertz CT molecular complexity index is 1820. The molecule has 1 aliphatic heterocycles. The normalized spacial score (nSPS) is 16.8. The standard InChI is InChI=1S/C34H37F2N9O/c1-7-8-25(31-39-11-12-46-31)20(2)21(3)28(27-18-45(44-43-27)34(9-10-34)32(35)36)42-24-13-22(15-37)29-26(14-24)30(23(16-38)17-40-29)41-19-33(4,5)6/h7-8,11-14,17-18,28,32,42-44H,3,9-10,19H2,1-2,4-6H3,(H,40,41)/b8-7-,25-20+/t28-/m0/s1. The maximum Gasteiger partial charge on any atom is 0.262 e. The van der Waals surface area contributed by atoms with Gasteiger partial charge in [-0.1, -0.05) is 39.5 Å². The molecule has 4 N–H and O–H groups in total. The number of hydrogen-bond donors (Lipinski definition) is 4. The second-order valence-corrected chi connectivity index (χ2v) is 12.7. The topological polar surface area (TPSA) is 138 Å². The summed E-state index contributed by atoms with van der Waals surface area (Å²) in [5, 5.41) is 28.9. The van der Waals surface area contributed by atoms with E-state index < -0.39 is 18.0 Å². The summed E-state index contributed by atoms with van der Waals surface area (Å²) < 4.78 is 33.7. The van der Waals surface area contributed by atoms with E-state index >= 15 is 0 Å². The Morgan fingerprint density at radius 2 is 1.96 bits per heavy atom. The quantitative estimate of drug-likeness (QED) is 0.169. The van der Waals surface area contributed by atoms with Crippen molar-refractivity contribution >= 4 is 27.9 Å². The first-order valence-corrected chi connectivity index (χ1v) is 14.9. The zero-order chi connectivity index (χ0) is 33.2. The molecule has 1 aliphatic carbocycles. The van der Waals surface area contributed by atoms with Crippen molar-refractivity contribution in [2.75, 3.05) is 17.2 Å². The summed E-state index contributed by atoms with van der Waals surface area (Å²) in [6.07, 6.45) is 8.04. The molecular weight excluding hydrogens is 588 g/mol. The van der Waals surface area contributed by atoms with Crippen molar-refractivity contribution in [2.45, 2.75) is 65.5 Å². The van der Waals surface area contributed by atoms with Crippen molar-refractivity contribution in [1.82, 2.24) is 25.9 Å². The van der Waals surface area contributed by atoms with E-state index in [-0.39, 0.29) is 5.41 Å².